The van der Waals surface area contributed by atoms with Crippen LogP contribution in [-0.4, -0.2) is 39.0 Å². The lowest BCUT2D eigenvalue weighted by Crippen LogP contribution is -2.32. The van der Waals surface area contributed by atoms with Crippen LogP contribution in [0.15, 0.2) is 23.4 Å². The van der Waals surface area contributed by atoms with Crippen molar-refractivity contribution in [2.24, 2.45) is 0 Å². The predicted molar refractivity (Wildman–Crippen MR) is 109 cm³/mol. The maximum atomic E-state index is 13.7. The van der Waals surface area contributed by atoms with Crippen molar-refractivity contribution in [1.82, 2.24) is 14.8 Å². The summed E-state index contributed by atoms with van der Waals surface area (Å²) in [6.07, 6.45) is 5.91. The number of halogens is 1. The van der Waals surface area contributed by atoms with Crippen LogP contribution in [0.25, 0.3) is 0 Å². The summed E-state index contributed by atoms with van der Waals surface area (Å²) >= 11 is 1.41. The Morgan fingerprint density at radius 2 is 2.00 bits per heavy atom. The van der Waals surface area contributed by atoms with Gasteiger partial charge in [0.1, 0.15) is 5.82 Å². The minimum Gasteiger partial charge on any atom is -0.341 e. The molecule has 0 spiro atoms. The molecule has 1 aliphatic carbocycles. The summed E-state index contributed by atoms with van der Waals surface area (Å²) in [6.45, 7) is 5.58. The van der Waals surface area contributed by atoms with E-state index >= 15 is 0 Å². The average molecular weight is 404 g/mol. The molecule has 0 radical (unpaired) electrons. The summed E-state index contributed by atoms with van der Waals surface area (Å²) in [4.78, 5) is 14.9. The number of benzene rings is 1. The van der Waals surface area contributed by atoms with Gasteiger partial charge in [0.25, 0.3) is 0 Å². The highest BCUT2D eigenvalue weighted by molar-refractivity contribution is 8.00. The number of piperidine rings is 1. The zero-order valence-electron chi connectivity index (χ0n) is 16.3. The molecule has 2 fully saturated rings. The van der Waals surface area contributed by atoms with E-state index in [1.807, 2.05) is 6.92 Å². The van der Waals surface area contributed by atoms with E-state index in [-0.39, 0.29) is 17.0 Å². The number of rotatable bonds is 6. The third kappa shape index (κ3) is 4.16. The predicted octanol–water partition coefficient (Wildman–Crippen LogP) is 4.17. The van der Waals surface area contributed by atoms with Gasteiger partial charge in [0.2, 0.25) is 11.9 Å². The lowest BCUT2D eigenvalue weighted by molar-refractivity contribution is -0.115. The smallest absolute Gasteiger partial charge is 0.237 e. The number of thioether (sulfide) groups is 1. The van der Waals surface area contributed by atoms with Crippen molar-refractivity contribution in [3.8, 4) is 0 Å². The van der Waals surface area contributed by atoms with Crippen molar-refractivity contribution < 1.29 is 9.18 Å². The molecule has 6 nitrogen and oxygen atoms in total. The number of anilines is 2. The van der Waals surface area contributed by atoms with Crippen LogP contribution in [0, 0.1) is 12.7 Å². The zero-order valence-corrected chi connectivity index (χ0v) is 17.1. The molecule has 1 amide bonds. The topological polar surface area (TPSA) is 63.1 Å². The third-order valence-electron chi connectivity index (χ3n) is 5.29. The minimum absolute atomic E-state index is 0.168. The lowest BCUT2D eigenvalue weighted by Gasteiger charge is -2.28. The molecule has 0 bridgehead atoms. The molecule has 1 unspecified atom stereocenters. The van der Waals surface area contributed by atoms with E-state index in [1.54, 1.807) is 19.1 Å². The molecule has 1 saturated carbocycles. The van der Waals surface area contributed by atoms with Crippen LogP contribution in [0.5, 0.6) is 0 Å². The van der Waals surface area contributed by atoms with Crippen LogP contribution in [0.2, 0.25) is 0 Å². The molecule has 1 aromatic carbocycles. The maximum absolute atomic E-state index is 13.7. The molecule has 2 aliphatic rings. The van der Waals surface area contributed by atoms with Crippen LogP contribution in [0.3, 0.4) is 0 Å². The van der Waals surface area contributed by atoms with Gasteiger partial charge in [0.05, 0.1) is 5.25 Å². The number of nitrogens with one attached hydrogen (secondary N) is 1. The van der Waals surface area contributed by atoms with Crippen LogP contribution >= 0.6 is 11.8 Å². The van der Waals surface area contributed by atoms with Crippen molar-refractivity contribution in [3.63, 3.8) is 0 Å². The van der Waals surface area contributed by atoms with Gasteiger partial charge in [0, 0.05) is 24.8 Å². The Kier molecular flexibility index (Phi) is 5.57. The number of carbonyl (C=O) groups excluding carboxylic acids is 1. The Hall–Kier alpha value is -2.09. The highest BCUT2D eigenvalue weighted by Gasteiger charge is 2.33. The van der Waals surface area contributed by atoms with Gasteiger partial charge in [-0.2, -0.15) is 0 Å². The van der Waals surface area contributed by atoms with Gasteiger partial charge in [-0.25, -0.2) is 4.39 Å². The van der Waals surface area contributed by atoms with E-state index in [0.717, 1.165) is 37.0 Å². The van der Waals surface area contributed by atoms with E-state index in [9.17, 15) is 9.18 Å². The van der Waals surface area contributed by atoms with E-state index in [1.165, 1.54) is 37.1 Å². The summed E-state index contributed by atoms with van der Waals surface area (Å²) in [6, 6.07) is 5.17. The molecular formula is C20H26FN5OS. The summed E-state index contributed by atoms with van der Waals surface area (Å²) in [7, 11) is 0. The Labute approximate surface area is 168 Å². The number of aromatic nitrogens is 3. The number of carbonyl (C=O) groups is 1. The van der Waals surface area contributed by atoms with E-state index in [2.05, 4.69) is 25.0 Å². The van der Waals surface area contributed by atoms with Gasteiger partial charge in [-0.1, -0.05) is 17.8 Å². The first-order valence-electron chi connectivity index (χ1n) is 9.96. The molecule has 8 heteroatoms. The molecule has 1 aliphatic heterocycles. The van der Waals surface area contributed by atoms with Crippen molar-refractivity contribution >= 4 is 29.3 Å². The minimum atomic E-state index is -0.361. The second-order valence-corrected chi connectivity index (χ2v) is 8.95. The van der Waals surface area contributed by atoms with Gasteiger partial charge in [-0.15, -0.1) is 10.2 Å². The SMILES string of the molecule is Cc1ccc(NC(=O)C(C)Sc2nnc(N3CCCCC3)n2C2CC2)cc1F. The number of hydrogen-bond acceptors (Lipinski definition) is 5. The molecular weight excluding hydrogens is 377 g/mol. The normalized spacial score (nSPS) is 18.2. The number of amides is 1. The van der Waals surface area contributed by atoms with Crippen LogP contribution in [0.1, 0.15) is 50.6 Å². The molecule has 2 heterocycles. The molecule has 150 valence electrons. The fourth-order valence-corrected chi connectivity index (χ4v) is 4.35. The Bertz CT molecular complexity index is 860. The van der Waals surface area contributed by atoms with Crippen molar-refractivity contribution in [2.75, 3.05) is 23.3 Å². The molecule has 28 heavy (non-hydrogen) atoms. The van der Waals surface area contributed by atoms with Gasteiger partial charge < -0.3 is 10.2 Å². The first-order chi connectivity index (χ1) is 13.5. The fourth-order valence-electron chi connectivity index (χ4n) is 3.44. The van der Waals surface area contributed by atoms with Crippen molar-refractivity contribution in [2.45, 2.75) is 62.4 Å². The molecule has 4 rings (SSSR count). The van der Waals surface area contributed by atoms with E-state index < -0.39 is 0 Å². The highest BCUT2D eigenvalue weighted by Crippen LogP contribution is 2.42. The summed E-state index contributed by atoms with van der Waals surface area (Å²) in [5.74, 6) is 0.453. The van der Waals surface area contributed by atoms with E-state index in [0.29, 0.717) is 17.3 Å². The Morgan fingerprint density at radius 1 is 1.25 bits per heavy atom. The number of nitrogens with zero attached hydrogens (tertiary/aromatic N) is 4. The van der Waals surface area contributed by atoms with Gasteiger partial charge in [-0.3, -0.25) is 9.36 Å². The summed E-state index contributed by atoms with van der Waals surface area (Å²) in [5, 5.41) is 12.1. The second kappa shape index (κ2) is 8.11. The highest BCUT2D eigenvalue weighted by atomic mass is 32.2. The van der Waals surface area contributed by atoms with Gasteiger partial charge >= 0.3 is 0 Å². The van der Waals surface area contributed by atoms with Crippen LogP contribution < -0.4 is 10.2 Å². The second-order valence-electron chi connectivity index (χ2n) is 7.64. The van der Waals surface area contributed by atoms with E-state index in [4.69, 9.17) is 0 Å². The molecule has 2 aromatic rings. The quantitative estimate of drug-likeness (QED) is 0.734. The Morgan fingerprint density at radius 3 is 2.68 bits per heavy atom. The number of aryl methyl sites for hydroxylation is 1. The standard InChI is InChI=1S/C20H26FN5OS/c1-13-6-7-15(12-17(13)21)22-18(27)14(2)28-20-24-23-19(26(20)16-8-9-16)25-10-4-3-5-11-25/h6-7,12,14,16H,3-5,8-11H2,1-2H3,(H,22,27). The van der Waals surface area contributed by atoms with Crippen molar-refractivity contribution in [3.05, 3.63) is 29.6 Å². The fraction of sp³-hybridized carbons (Fsp3) is 0.550. The Balaban J connectivity index is 1.46. The van der Waals surface area contributed by atoms with Gasteiger partial charge in [0.15, 0.2) is 5.16 Å². The lowest BCUT2D eigenvalue weighted by atomic mass is 10.1. The van der Waals surface area contributed by atoms with Crippen molar-refractivity contribution in [1.29, 1.82) is 0 Å². The monoisotopic (exact) mass is 403 g/mol. The molecule has 1 N–H and O–H groups in total. The summed E-state index contributed by atoms with van der Waals surface area (Å²) in [5.41, 5.74) is 1.03. The maximum Gasteiger partial charge on any atom is 0.237 e. The number of hydrogen-bond donors (Lipinski definition) is 1. The largest absolute Gasteiger partial charge is 0.341 e. The molecule has 1 saturated heterocycles. The molecule has 1 atom stereocenters. The van der Waals surface area contributed by atoms with Crippen LogP contribution in [0.4, 0.5) is 16.0 Å². The first kappa shape index (κ1) is 19.2. The summed E-state index contributed by atoms with van der Waals surface area (Å²) < 4.78 is 15.9. The zero-order chi connectivity index (χ0) is 19.7. The van der Waals surface area contributed by atoms with Crippen LogP contribution in [-0.2, 0) is 4.79 Å². The average Bonchev–Trinajstić information content (AvgIpc) is 3.45. The van der Waals surface area contributed by atoms with Gasteiger partial charge in [-0.05, 0) is 63.6 Å². The first-order valence-corrected chi connectivity index (χ1v) is 10.8. The third-order valence-corrected chi connectivity index (χ3v) is 6.35. The molecule has 1 aromatic heterocycles.